The highest BCUT2D eigenvalue weighted by Gasteiger charge is 2.38. The van der Waals surface area contributed by atoms with Crippen LogP contribution in [-0.4, -0.2) is 34.1 Å². The monoisotopic (exact) mass is 266 g/mol. The quantitative estimate of drug-likeness (QED) is 0.898. The number of halogens is 1. The molecule has 1 atom stereocenters. The second-order valence-corrected chi connectivity index (χ2v) is 3.98. The van der Waals surface area contributed by atoms with Gasteiger partial charge in [0.1, 0.15) is 0 Å². The van der Waals surface area contributed by atoms with Gasteiger partial charge in [0.05, 0.1) is 6.21 Å². The minimum absolute atomic E-state index is 0.277. The molecule has 0 radical (unpaired) electrons. The standard InChI is InChI=1S/C11H7ClN2O4/c12-7-3-1-6(2-4-7)9(10(16)17)14-8(15)5-13-11(14)18/h1-5,9H,(H,16,17). The Bertz CT molecular complexity index is 535. The number of imide groups is 1. The summed E-state index contributed by atoms with van der Waals surface area (Å²) >= 11 is 5.69. The van der Waals surface area contributed by atoms with Crippen LogP contribution >= 0.6 is 11.6 Å². The van der Waals surface area contributed by atoms with Crippen molar-refractivity contribution in [2.45, 2.75) is 6.04 Å². The van der Waals surface area contributed by atoms with Crippen LogP contribution < -0.4 is 0 Å². The van der Waals surface area contributed by atoms with E-state index in [1.807, 2.05) is 0 Å². The molecule has 0 saturated carbocycles. The Kier molecular flexibility index (Phi) is 3.12. The summed E-state index contributed by atoms with van der Waals surface area (Å²) in [5.41, 5.74) is 0.277. The molecular weight excluding hydrogens is 260 g/mol. The molecule has 0 saturated heterocycles. The number of carbonyl (C=O) groups is 3. The van der Waals surface area contributed by atoms with Crippen molar-refractivity contribution in [1.29, 1.82) is 0 Å². The molecule has 1 aliphatic rings. The summed E-state index contributed by atoms with van der Waals surface area (Å²) in [5, 5.41) is 9.59. The Hall–Kier alpha value is -2.21. The number of nitrogens with zero attached hydrogens (tertiary/aromatic N) is 2. The number of amides is 3. The zero-order valence-corrected chi connectivity index (χ0v) is 9.66. The summed E-state index contributed by atoms with van der Waals surface area (Å²) in [7, 11) is 0. The van der Waals surface area contributed by atoms with Gasteiger partial charge in [-0.1, -0.05) is 23.7 Å². The lowest BCUT2D eigenvalue weighted by Gasteiger charge is -2.21. The predicted octanol–water partition coefficient (Wildman–Crippen LogP) is 1.50. The Morgan fingerprint density at radius 2 is 1.89 bits per heavy atom. The van der Waals surface area contributed by atoms with Crippen LogP contribution in [0.15, 0.2) is 29.3 Å². The van der Waals surface area contributed by atoms with Crippen LogP contribution in [0, 0.1) is 0 Å². The third kappa shape index (κ3) is 2.10. The minimum Gasteiger partial charge on any atom is -0.479 e. The van der Waals surface area contributed by atoms with Gasteiger partial charge in [0, 0.05) is 5.02 Å². The van der Waals surface area contributed by atoms with Gasteiger partial charge in [0.25, 0.3) is 5.91 Å². The van der Waals surface area contributed by atoms with Gasteiger partial charge in [-0.3, -0.25) is 4.79 Å². The first-order valence-corrected chi connectivity index (χ1v) is 5.28. The summed E-state index contributed by atoms with van der Waals surface area (Å²) in [6, 6.07) is 3.57. The number of aliphatic imine (C=N–C) groups is 1. The van der Waals surface area contributed by atoms with Crippen molar-refractivity contribution in [3.05, 3.63) is 34.9 Å². The Morgan fingerprint density at radius 3 is 2.33 bits per heavy atom. The van der Waals surface area contributed by atoms with E-state index in [1.54, 1.807) is 0 Å². The number of aliphatic carboxylic acids is 1. The smallest absolute Gasteiger partial charge is 0.351 e. The lowest BCUT2D eigenvalue weighted by atomic mass is 10.1. The number of urea groups is 1. The molecule has 2 rings (SSSR count). The van der Waals surface area contributed by atoms with Crippen LogP contribution in [0.4, 0.5) is 4.79 Å². The number of carboxylic acid groups (broad SMARTS) is 1. The van der Waals surface area contributed by atoms with E-state index in [1.165, 1.54) is 24.3 Å². The molecule has 1 heterocycles. The van der Waals surface area contributed by atoms with Gasteiger partial charge in [-0.2, -0.15) is 4.99 Å². The molecule has 0 fully saturated rings. The van der Waals surface area contributed by atoms with E-state index in [0.29, 0.717) is 9.92 Å². The van der Waals surface area contributed by atoms with Crippen LogP contribution in [0.5, 0.6) is 0 Å². The summed E-state index contributed by atoms with van der Waals surface area (Å²) in [6.45, 7) is 0. The van der Waals surface area contributed by atoms with Crippen molar-refractivity contribution in [2.24, 2.45) is 4.99 Å². The Morgan fingerprint density at radius 1 is 1.28 bits per heavy atom. The Balaban J connectivity index is 2.41. The molecule has 0 aromatic heterocycles. The highest BCUT2D eigenvalue weighted by Crippen LogP contribution is 2.25. The first kappa shape index (κ1) is 12.3. The minimum atomic E-state index is -1.40. The molecule has 3 amide bonds. The van der Waals surface area contributed by atoms with E-state index in [2.05, 4.69) is 4.99 Å². The van der Waals surface area contributed by atoms with Gasteiger partial charge in [-0.05, 0) is 17.7 Å². The first-order chi connectivity index (χ1) is 8.50. The molecule has 92 valence electrons. The number of benzene rings is 1. The number of carboxylic acids is 1. The maximum atomic E-state index is 11.4. The molecule has 1 N–H and O–H groups in total. The molecular formula is C11H7ClN2O4. The molecule has 7 heteroatoms. The van der Waals surface area contributed by atoms with Crippen LogP contribution in [0.25, 0.3) is 0 Å². The molecule has 1 unspecified atom stereocenters. The zero-order valence-electron chi connectivity index (χ0n) is 8.91. The third-order valence-corrected chi connectivity index (χ3v) is 2.66. The van der Waals surface area contributed by atoms with E-state index < -0.39 is 23.9 Å². The van der Waals surface area contributed by atoms with Gasteiger partial charge in [-0.15, -0.1) is 0 Å². The molecule has 1 aliphatic heterocycles. The van der Waals surface area contributed by atoms with Crippen LogP contribution in [0.1, 0.15) is 11.6 Å². The fraction of sp³-hybridized carbons (Fsp3) is 0.0909. The van der Waals surface area contributed by atoms with Crippen LogP contribution in [-0.2, 0) is 9.59 Å². The topological polar surface area (TPSA) is 87.0 Å². The number of hydrogen-bond acceptors (Lipinski definition) is 3. The van der Waals surface area contributed by atoms with Crippen molar-refractivity contribution in [2.75, 3.05) is 0 Å². The molecule has 18 heavy (non-hydrogen) atoms. The maximum Gasteiger partial charge on any atom is 0.351 e. The normalized spacial score (nSPS) is 16.2. The van der Waals surface area contributed by atoms with Crippen molar-refractivity contribution >= 4 is 35.7 Å². The van der Waals surface area contributed by atoms with Crippen molar-refractivity contribution in [1.82, 2.24) is 4.90 Å². The molecule has 0 bridgehead atoms. The maximum absolute atomic E-state index is 11.4. The Labute approximate surface area is 106 Å². The fourth-order valence-corrected chi connectivity index (χ4v) is 1.74. The average Bonchev–Trinajstić information content (AvgIpc) is 2.63. The second-order valence-electron chi connectivity index (χ2n) is 3.54. The van der Waals surface area contributed by atoms with E-state index in [0.717, 1.165) is 6.21 Å². The van der Waals surface area contributed by atoms with Gasteiger partial charge >= 0.3 is 12.0 Å². The SMILES string of the molecule is O=C(O)C(c1ccc(Cl)cc1)N1C(=O)C=NC1=O. The second kappa shape index (κ2) is 4.58. The largest absolute Gasteiger partial charge is 0.479 e. The highest BCUT2D eigenvalue weighted by atomic mass is 35.5. The molecule has 0 aliphatic carbocycles. The average molecular weight is 267 g/mol. The molecule has 0 spiro atoms. The number of rotatable bonds is 3. The predicted molar refractivity (Wildman–Crippen MR) is 62.6 cm³/mol. The fourth-order valence-electron chi connectivity index (χ4n) is 1.61. The molecule has 1 aromatic carbocycles. The van der Waals surface area contributed by atoms with Crippen LogP contribution in [0.2, 0.25) is 5.02 Å². The van der Waals surface area contributed by atoms with Gasteiger partial charge in [0.2, 0.25) is 0 Å². The highest BCUT2D eigenvalue weighted by molar-refractivity contribution is 6.36. The van der Waals surface area contributed by atoms with Crippen molar-refractivity contribution < 1.29 is 19.5 Å². The summed E-state index contributed by atoms with van der Waals surface area (Å²) in [5.74, 6) is -2.06. The van der Waals surface area contributed by atoms with Crippen molar-refractivity contribution in [3.8, 4) is 0 Å². The van der Waals surface area contributed by atoms with E-state index in [-0.39, 0.29) is 5.56 Å². The first-order valence-electron chi connectivity index (χ1n) is 4.90. The lowest BCUT2D eigenvalue weighted by molar-refractivity contribution is -0.145. The van der Waals surface area contributed by atoms with E-state index >= 15 is 0 Å². The zero-order chi connectivity index (χ0) is 13.3. The summed E-state index contributed by atoms with van der Waals surface area (Å²) in [4.78, 5) is 37.9. The molecule has 1 aromatic rings. The summed E-state index contributed by atoms with van der Waals surface area (Å²) in [6.07, 6.45) is 0.800. The molecule has 6 nitrogen and oxygen atoms in total. The van der Waals surface area contributed by atoms with Crippen LogP contribution in [0.3, 0.4) is 0 Å². The van der Waals surface area contributed by atoms with Gasteiger partial charge < -0.3 is 5.11 Å². The number of carbonyl (C=O) groups excluding carboxylic acids is 2. The van der Waals surface area contributed by atoms with Crippen molar-refractivity contribution in [3.63, 3.8) is 0 Å². The van der Waals surface area contributed by atoms with Gasteiger partial charge in [-0.25, -0.2) is 14.5 Å². The lowest BCUT2D eigenvalue weighted by Crippen LogP contribution is -2.38. The number of hydrogen-bond donors (Lipinski definition) is 1. The third-order valence-electron chi connectivity index (χ3n) is 2.41. The van der Waals surface area contributed by atoms with E-state index in [4.69, 9.17) is 16.7 Å². The summed E-state index contributed by atoms with van der Waals surface area (Å²) < 4.78 is 0. The van der Waals surface area contributed by atoms with Gasteiger partial charge in [0.15, 0.2) is 6.04 Å². The van der Waals surface area contributed by atoms with E-state index in [9.17, 15) is 14.4 Å².